The lowest BCUT2D eigenvalue weighted by Crippen LogP contribution is -2.63. The van der Waals surface area contributed by atoms with Crippen LogP contribution in [0.4, 0.5) is 0 Å². The molecule has 22 heavy (non-hydrogen) atoms. The van der Waals surface area contributed by atoms with Crippen LogP contribution in [-0.2, 0) is 16.0 Å². The number of nitro groups is 2. The predicted octanol–water partition coefficient (Wildman–Crippen LogP) is -0.749. The summed E-state index contributed by atoms with van der Waals surface area (Å²) in [4.78, 5) is 43.1. The lowest BCUT2D eigenvalue weighted by atomic mass is 9.82. The van der Waals surface area contributed by atoms with Crippen molar-refractivity contribution in [3.8, 4) is 0 Å². The third-order valence-corrected chi connectivity index (χ3v) is 3.27. The van der Waals surface area contributed by atoms with E-state index in [1.54, 1.807) is 18.2 Å². The second-order valence-electron chi connectivity index (χ2n) is 4.68. The summed E-state index contributed by atoms with van der Waals surface area (Å²) in [5.41, 5.74) is 7.54. The van der Waals surface area contributed by atoms with E-state index in [-0.39, 0.29) is 0 Å². The van der Waals surface area contributed by atoms with Gasteiger partial charge in [0.15, 0.2) is 0 Å². The first-order chi connectivity index (χ1) is 10.2. The van der Waals surface area contributed by atoms with E-state index in [1.807, 2.05) is 0 Å². The van der Waals surface area contributed by atoms with Gasteiger partial charge in [-0.2, -0.15) is 0 Å². The van der Waals surface area contributed by atoms with Gasteiger partial charge in [0, 0.05) is 9.85 Å². The first kappa shape index (κ1) is 17.0. The fourth-order valence-electron chi connectivity index (χ4n) is 2.16. The normalized spacial score (nSPS) is 14.5. The molecular formula is C12H14N4O6. The summed E-state index contributed by atoms with van der Waals surface area (Å²) >= 11 is 0. The van der Waals surface area contributed by atoms with Crippen molar-refractivity contribution in [2.45, 2.75) is 24.4 Å². The molecule has 0 aromatic heterocycles. The summed E-state index contributed by atoms with van der Waals surface area (Å²) in [6, 6.07) is 5.51. The highest BCUT2D eigenvalue weighted by Crippen LogP contribution is 2.26. The highest BCUT2D eigenvalue weighted by molar-refractivity contribution is 5.85. The number of nitrogens with two attached hydrogens (primary N) is 2. The zero-order valence-corrected chi connectivity index (χ0v) is 11.4. The molecule has 10 heteroatoms. The maximum absolute atomic E-state index is 11.7. The highest BCUT2D eigenvalue weighted by Gasteiger charge is 2.63. The van der Waals surface area contributed by atoms with Crippen LogP contribution in [0.15, 0.2) is 30.3 Å². The van der Waals surface area contributed by atoms with Gasteiger partial charge in [0.05, 0.1) is 6.42 Å². The average Bonchev–Trinajstić information content (AvgIpc) is 2.42. The molecule has 0 spiro atoms. The van der Waals surface area contributed by atoms with E-state index >= 15 is 0 Å². The monoisotopic (exact) mass is 310 g/mol. The van der Waals surface area contributed by atoms with Gasteiger partial charge in [0.25, 0.3) is 6.04 Å². The predicted molar refractivity (Wildman–Crippen MR) is 73.7 cm³/mol. The Morgan fingerprint density at radius 3 is 2.05 bits per heavy atom. The minimum atomic E-state index is -2.76. The molecule has 1 rings (SSSR count). The van der Waals surface area contributed by atoms with E-state index in [2.05, 4.69) is 0 Å². The fourth-order valence-corrected chi connectivity index (χ4v) is 2.16. The standard InChI is InChI=1S/C12H14N4O6/c13-10(17)6-9(15(19)20)12(11(14)18,16(21)22)7-8-4-2-1-3-5-8/h1-5,9H,6-7H2,(H2,13,17)(H2,14,18). The number of hydrogen-bond donors (Lipinski definition) is 2. The third kappa shape index (κ3) is 3.34. The van der Waals surface area contributed by atoms with Crippen molar-refractivity contribution >= 4 is 11.8 Å². The minimum absolute atomic E-state index is 0.300. The zero-order chi connectivity index (χ0) is 16.9. The number of hydrogen-bond acceptors (Lipinski definition) is 6. The Morgan fingerprint density at radius 1 is 1.14 bits per heavy atom. The molecule has 0 fully saturated rings. The Balaban J connectivity index is 3.42. The van der Waals surface area contributed by atoms with Crippen molar-refractivity contribution in [2.75, 3.05) is 0 Å². The molecule has 0 aliphatic heterocycles. The molecule has 4 N–H and O–H groups in total. The van der Waals surface area contributed by atoms with E-state index in [1.165, 1.54) is 12.1 Å². The Hall–Kier alpha value is -3.04. The van der Waals surface area contributed by atoms with Crippen molar-refractivity contribution in [1.29, 1.82) is 0 Å². The summed E-state index contributed by atoms with van der Waals surface area (Å²) in [6.07, 6.45) is -1.58. The van der Waals surface area contributed by atoms with Crippen LogP contribution in [0, 0.1) is 20.2 Å². The molecule has 1 aromatic carbocycles. The fraction of sp³-hybridized carbons (Fsp3) is 0.333. The summed E-state index contributed by atoms with van der Waals surface area (Å²) in [7, 11) is 0. The van der Waals surface area contributed by atoms with Crippen molar-refractivity contribution in [3.63, 3.8) is 0 Å². The summed E-state index contributed by atoms with van der Waals surface area (Å²) < 4.78 is 0. The molecule has 0 bridgehead atoms. The first-order valence-electron chi connectivity index (χ1n) is 6.12. The average molecular weight is 310 g/mol. The van der Waals surface area contributed by atoms with Gasteiger partial charge in [0.1, 0.15) is 6.42 Å². The van der Waals surface area contributed by atoms with Gasteiger partial charge in [0.2, 0.25) is 5.91 Å². The van der Waals surface area contributed by atoms with Gasteiger partial charge >= 0.3 is 11.4 Å². The maximum atomic E-state index is 11.7. The maximum Gasteiger partial charge on any atom is 0.367 e. The van der Waals surface area contributed by atoms with E-state index in [0.717, 1.165) is 0 Å². The number of amides is 2. The molecule has 2 unspecified atom stereocenters. The highest BCUT2D eigenvalue weighted by atomic mass is 16.6. The summed E-state index contributed by atoms with van der Waals surface area (Å²) in [5, 5.41) is 22.6. The molecule has 0 aliphatic carbocycles. The smallest absolute Gasteiger partial charge is 0.367 e. The Labute approximate surface area is 124 Å². The van der Waals surface area contributed by atoms with E-state index < -0.39 is 46.1 Å². The lowest BCUT2D eigenvalue weighted by molar-refractivity contribution is -0.638. The number of carbonyl (C=O) groups excluding carboxylic acids is 2. The van der Waals surface area contributed by atoms with Gasteiger partial charge in [-0.3, -0.25) is 29.8 Å². The topological polar surface area (TPSA) is 172 Å². The first-order valence-corrected chi connectivity index (χ1v) is 6.12. The molecule has 0 aliphatic rings. The molecule has 0 saturated carbocycles. The van der Waals surface area contributed by atoms with Gasteiger partial charge in [-0.15, -0.1) is 0 Å². The van der Waals surface area contributed by atoms with E-state index in [0.29, 0.717) is 5.56 Å². The molecule has 0 heterocycles. The van der Waals surface area contributed by atoms with Crippen LogP contribution in [0.5, 0.6) is 0 Å². The second kappa shape index (κ2) is 6.61. The quantitative estimate of drug-likeness (QED) is 0.472. The van der Waals surface area contributed by atoms with Gasteiger partial charge in [-0.25, -0.2) is 0 Å². The van der Waals surface area contributed by atoms with Crippen molar-refractivity contribution in [2.24, 2.45) is 11.5 Å². The summed E-state index contributed by atoms with van der Waals surface area (Å²) in [6.45, 7) is 0. The summed E-state index contributed by atoms with van der Waals surface area (Å²) in [5.74, 6) is -2.63. The van der Waals surface area contributed by atoms with Gasteiger partial charge < -0.3 is 11.5 Å². The lowest BCUT2D eigenvalue weighted by Gasteiger charge is -2.24. The van der Waals surface area contributed by atoms with E-state index in [9.17, 15) is 29.8 Å². The minimum Gasteiger partial charge on any atom is -0.369 e. The Kier molecular flexibility index (Phi) is 5.11. The number of rotatable bonds is 8. The second-order valence-corrected chi connectivity index (χ2v) is 4.68. The Morgan fingerprint density at radius 2 is 1.68 bits per heavy atom. The van der Waals surface area contributed by atoms with Crippen molar-refractivity contribution in [3.05, 3.63) is 56.1 Å². The third-order valence-electron chi connectivity index (χ3n) is 3.27. The van der Waals surface area contributed by atoms with Gasteiger partial charge in [-0.05, 0) is 5.56 Å². The number of carbonyl (C=O) groups is 2. The van der Waals surface area contributed by atoms with Crippen LogP contribution >= 0.6 is 0 Å². The molecular weight excluding hydrogens is 296 g/mol. The SMILES string of the molecule is NC(=O)CC([N+](=O)[O-])C(Cc1ccccc1)(C(N)=O)[N+](=O)[O-]. The molecule has 0 saturated heterocycles. The van der Waals surface area contributed by atoms with Crippen LogP contribution in [0.1, 0.15) is 12.0 Å². The van der Waals surface area contributed by atoms with Crippen LogP contribution in [-0.4, -0.2) is 33.2 Å². The zero-order valence-electron chi connectivity index (χ0n) is 11.4. The molecule has 10 nitrogen and oxygen atoms in total. The number of benzene rings is 1. The molecule has 1 aromatic rings. The van der Waals surface area contributed by atoms with Crippen molar-refractivity contribution < 1.29 is 19.4 Å². The van der Waals surface area contributed by atoms with Crippen LogP contribution in [0.2, 0.25) is 0 Å². The van der Waals surface area contributed by atoms with Crippen LogP contribution in [0.3, 0.4) is 0 Å². The van der Waals surface area contributed by atoms with Crippen LogP contribution < -0.4 is 11.5 Å². The molecule has 2 atom stereocenters. The largest absolute Gasteiger partial charge is 0.369 e. The number of nitrogens with zero attached hydrogens (tertiary/aromatic N) is 2. The van der Waals surface area contributed by atoms with Crippen molar-refractivity contribution in [1.82, 2.24) is 0 Å². The molecule has 118 valence electrons. The van der Waals surface area contributed by atoms with Gasteiger partial charge in [-0.1, -0.05) is 30.3 Å². The number of primary amides is 2. The molecule has 2 amide bonds. The van der Waals surface area contributed by atoms with E-state index in [4.69, 9.17) is 11.5 Å². The van der Waals surface area contributed by atoms with Crippen LogP contribution in [0.25, 0.3) is 0 Å². The molecule has 0 radical (unpaired) electrons. The Bertz CT molecular complexity index is 589.